The minimum Gasteiger partial charge on any atom is -0.478 e. The van der Waals surface area contributed by atoms with Crippen molar-refractivity contribution in [2.24, 2.45) is 5.41 Å². The maximum absolute atomic E-state index is 11.2. The Hall–Kier alpha value is -1.26. The summed E-state index contributed by atoms with van der Waals surface area (Å²) < 4.78 is 0. The van der Waals surface area contributed by atoms with Gasteiger partial charge in [0, 0.05) is 22.7 Å². The van der Waals surface area contributed by atoms with Gasteiger partial charge in [0.25, 0.3) is 0 Å². The molecule has 2 rings (SSSR count). The first kappa shape index (κ1) is 14.2. The van der Waals surface area contributed by atoms with Gasteiger partial charge in [0.05, 0.1) is 12.2 Å². The summed E-state index contributed by atoms with van der Waals surface area (Å²) in [6, 6.07) is 4.77. The number of nitrogens with one attached hydrogen (secondary N) is 1. The number of rotatable bonds is 5. The third-order valence-corrected chi connectivity index (χ3v) is 4.10. The van der Waals surface area contributed by atoms with E-state index in [1.54, 1.807) is 12.1 Å². The Morgan fingerprint density at radius 1 is 1.37 bits per heavy atom. The van der Waals surface area contributed by atoms with Crippen molar-refractivity contribution in [2.75, 3.05) is 18.5 Å². The van der Waals surface area contributed by atoms with Gasteiger partial charge in [0.15, 0.2) is 0 Å². The van der Waals surface area contributed by atoms with E-state index in [0.29, 0.717) is 17.3 Å². The zero-order valence-corrected chi connectivity index (χ0v) is 11.4. The fourth-order valence-corrected chi connectivity index (χ4v) is 2.82. The molecule has 0 saturated heterocycles. The standard InChI is InChI=1S/C14H18ClNO3/c15-10-3-4-12(11(7-10)13(18)19)16-8-14(9-17)5-1-2-6-14/h3-4,7,16-17H,1-2,5-6,8-9H2,(H,18,19). The molecule has 0 amide bonds. The summed E-state index contributed by atoms with van der Waals surface area (Å²) in [6.45, 7) is 0.724. The van der Waals surface area contributed by atoms with Crippen LogP contribution in [0.3, 0.4) is 0 Å². The number of halogens is 1. The smallest absolute Gasteiger partial charge is 0.337 e. The van der Waals surface area contributed by atoms with Crippen LogP contribution in [0.5, 0.6) is 0 Å². The van der Waals surface area contributed by atoms with Gasteiger partial charge in [0.2, 0.25) is 0 Å². The minimum atomic E-state index is -1.01. The summed E-state index contributed by atoms with van der Waals surface area (Å²) in [5, 5.41) is 22.3. The number of carboxylic acid groups (broad SMARTS) is 1. The maximum atomic E-state index is 11.2. The normalized spacial score (nSPS) is 17.4. The monoisotopic (exact) mass is 283 g/mol. The molecule has 1 aliphatic carbocycles. The van der Waals surface area contributed by atoms with Crippen LogP contribution in [0.2, 0.25) is 5.02 Å². The molecule has 1 saturated carbocycles. The summed E-state index contributed by atoms with van der Waals surface area (Å²) >= 11 is 5.81. The molecule has 5 heteroatoms. The number of carboxylic acids is 1. The van der Waals surface area contributed by atoms with E-state index in [9.17, 15) is 9.90 Å². The van der Waals surface area contributed by atoms with Crippen molar-refractivity contribution in [3.8, 4) is 0 Å². The highest BCUT2D eigenvalue weighted by Gasteiger charge is 2.33. The largest absolute Gasteiger partial charge is 0.478 e. The number of aromatic carboxylic acids is 1. The molecular weight excluding hydrogens is 266 g/mol. The molecule has 104 valence electrons. The van der Waals surface area contributed by atoms with Gasteiger partial charge in [-0.05, 0) is 31.0 Å². The second-order valence-electron chi connectivity index (χ2n) is 5.21. The van der Waals surface area contributed by atoms with Crippen LogP contribution in [0.1, 0.15) is 36.0 Å². The lowest BCUT2D eigenvalue weighted by Crippen LogP contribution is -2.31. The molecule has 0 radical (unpaired) electrons. The van der Waals surface area contributed by atoms with Crippen molar-refractivity contribution in [1.29, 1.82) is 0 Å². The highest BCUT2D eigenvalue weighted by molar-refractivity contribution is 6.31. The van der Waals surface area contributed by atoms with Gasteiger partial charge in [-0.15, -0.1) is 0 Å². The number of anilines is 1. The molecule has 3 N–H and O–H groups in total. The Balaban J connectivity index is 2.13. The zero-order chi connectivity index (χ0) is 13.9. The van der Waals surface area contributed by atoms with E-state index in [0.717, 1.165) is 25.7 Å². The number of hydrogen-bond acceptors (Lipinski definition) is 3. The van der Waals surface area contributed by atoms with Crippen LogP contribution in [-0.4, -0.2) is 29.3 Å². The molecule has 1 aromatic carbocycles. The van der Waals surface area contributed by atoms with Crippen LogP contribution in [0.4, 0.5) is 5.69 Å². The van der Waals surface area contributed by atoms with E-state index in [2.05, 4.69) is 5.32 Å². The number of hydrogen-bond donors (Lipinski definition) is 3. The van der Waals surface area contributed by atoms with Crippen LogP contribution < -0.4 is 5.32 Å². The van der Waals surface area contributed by atoms with Crippen molar-refractivity contribution >= 4 is 23.3 Å². The predicted molar refractivity (Wildman–Crippen MR) is 74.9 cm³/mol. The van der Waals surface area contributed by atoms with Crippen molar-refractivity contribution in [1.82, 2.24) is 0 Å². The van der Waals surface area contributed by atoms with Gasteiger partial charge in [-0.1, -0.05) is 24.4 Å². The van der Waals surface area contributed by atoms with Crippen LogP contribution in [0, 0.1) is 5.41 Å². The molecule has 0 spiro atoms. The van der Waals surface area contributed by atoms with Gasteiger partial charge < -0.3 is 15.5 Å². The fraction of sp³-hybridized carbons (Fsp3) is 0.500. The first-order chi connectivity index (χ1) is 9.06. The van der Waals surface area contributed by atoms with Crippen LogP contribution >= 0.6 is 11.6 Å². The van der Waals surface area contributed by atoms with Crippen LogP contribution in [-0.2, 0) is 0 Å². The molecular formula is C14H18ClNO3. The maximum Gasteiger partial charge on any atom is 0.337 e. The SMILES string of the molecule is O=C(O)c1cc(Cl)ccc1NCC1(CO)CCCC1. The summed E-state index contributed by atoms with van der Waals surface area (Å²) in [5.41, 5.74) is 0.602. The van der Waals surface area contributed by atoms with Crippen LogP contribution in [0.25, 0.3) is 0 Å². The van der Waals surface area contributed by atoms with Crippen LogP contribution in [0.15, 0.2) is 18.2 Å². The molecule has 1 aromatic rings. The molecule has 1 aliphatic rings. The Bertz CT molecular complexity index is 470. The lowest BCUT2D eigenvalue weighted by Gasteiger charge is -2.27. The molecule has 0 bridgehead atoms. The quantitative estimate of drug-likeness (QED) is 0.777. The van der Waals surface area contributed by atoms with E-state index in [1.807, 2.05) is 0 Å². The topological polar surface area (TPSA) is 69.6 Å². The van der Waals surface area contributed by atoms with E-state index in [-0.39, 0.29) is 17.6 Å². The van der Waals surface area contributed by atoms with Gasteiger partial charge >= 0.3 is 5.97 Å². The molecule has 0 atom stereocenters. The molecule has 0 heterocycles. The average Bonchev–Trinajstić information content (AvgIpc) is 2.86. The number of carbonyl (C=O) groups is 1. The first-order valence-corrected chi connectivity index (χ1v) is 6.82. The zero-order valence-electron chi connectivity index (χ0n) is 10.7. The van der Waals surface area contributed by atoms with Crippen molar-refractivity contribution in [3.63, 3.8) is 0 Å². The van der Waals surface area contributed by atoms with Gasteiger partial charge in [-0.3, -0.25) is 0 Å². The molecule has 0 aromatic heterocycles. The van der Waals surface area contributed by atoms with Crippen molar-refractivity contribution < 1.29 is 15.0 Å². The number of aliphatic hydroxyl groups is 1. The highest BCUT2D eigenvalue weighted by atomic mass is 35.5. The van der Waals surface area contributed by atoms with Crippen molar-refractivity contribution in [3.05, 3.63) is 28.8 Å². The lowest BCUT2D eigenvalue weighted by atomic mass is 9.87. The van der Waals surface area contributed by atoms with Gasteiger partial charge in [0.1, 0.15) is 0 Å². The first-order valence-electron chi connectivity index (χ1n) is 6.44. The third kappa shape index (κ3) is 3.19. The van der Waals surface area contributed by atoms with Crippen molar-refractivity contribution in [2.45, 2.75) is 25.7 Å². The van der Waals surface area contributed by atoms with Gasteiger partial charge in [-0.2, -0.15) is 0 Å². The highest BCUT2D eigenvalue weighted by Crippen LogP contribution is 2.38. The number of benzene rings is 1. The van der Waals surface area contributed by atoms with E-state index in [1.165, 1.54) is 6.07 Å². The Labute approximate surface area is 117 Å². The van der Waals surface area contributed by atoms with E-state index in [4.69, 9.17) is 16.7 Å². The Morgan fingerprint density at radius 2 is 2.05 bits per heavy atom. The Morgan fingerprint density at radius 3 is 2.63 bits per heavy atom. The van der Waals surface area contributed by atoms with Gasteiger partial charge in [-0.25, -0.2) is 4.79 Å². The fourth-order valence-electron chi connectivity index (χ4n) is 2.65. The molecule has 0 aliphatic heterocycles. The summed E-state index contributed by atoms with van der Waals surface area (Å²) in [4.78, 5) is 11.2. The minimum absolute atomic E-state index is 0.116. The molecule has 4 nitrogen and oxygen atoms in total. The second-order valence-corrected chi connectivity index (χ2v) is 5.65. The molecule has 1 fully saturated rings. The lowest BCUT2D eigenvalue weighted by molar-refractivity contribution is 0.0698. The second kappa shape index (κ2) is 5.80. The summed E-state index contributed by atoms with van der Waals surface area (Å²) in [6.07, 6.45) is 4.20. The predicted octanol–water partition coefficient (Wildman–Crippen LogP) is 3.00. The third-order valence-electron chi connectivity index (χ3n) is 3.87. The average molecular weight is 284 g/mol. The molecule has 0 unspecified atom stereocenters. The van der Waals surface area contributed by atoms with E-state index >= 15 is 0 Å². The summed E-state index contributed by atoms with van der Waals surface area (Å²) in [5.74, 6) is -1.01. The van der Waals surface area contributed by atoms with E-state index < -0.39 is 5.97 Å². The molecule has 19 heavy (non-hydrogen) atoms. The Kier molecular flexibility index (Phi) is 4.32. The summed E-state index contributed by atoms with van der Waals surface area (Å²) in [7, 11) is 0. The number of aliphatic hydroxyl groups excluding tert-OH is 1.